The normalized spacial score (nSPS) is 30.0. The number of ether oxygens (including phenoxy) is 1. The van der Waals surface area contributed by atoms with Crippen molar-refractivity contribution in [2.75, 3.05) is 26.3 Å². The van der Waals surface area contributed by atoms with Crippen LogP contribution in [0.25, 0.3) is 0 Å². The summed E-state index contributed by atoms with van der Waals surface area (Å²) in [6.07, 6.45) is 2.87. The van der Waals surface area contributed by atoms with Crippen LogP contribution in [0.15, 0.2) is 0 Å². The van der Waals surface area contributed by atoms with E-state index in [1.807, 2.05) is 6.92 Å². The van der Waals surface area contributed by atoms with Crippen molar-refractivity contribution in [3.63, 3.8) is 0 Å². The number of amides is 1. The van der Waals surface area contributed by atoms with Gasteiger partial charge in [-0.3, -0.25) is 4.79 Å². The van der Waals surface area contributed by atoms with Crippen LogP contribution in [0.2, 0.25) is 0 Å². The number of nitrogens with two attached hydrogens (primary N) is 1. The monoisotopic (exact) mass is 284 g/mol. The second-order valence-corrected chi connectivity index (χ2v) is 6.00. The van der Waals surface area contributed by atoms with E-state index < -0.39 is 17.4 Å². The lowest BCUT2D eigenvalue weighted by Gasteiger charge is -2.44. The lowest BCUT2D eigenvalue weighted by molar-refractivity contribution is -0.162. The first-order chi connectivity index (χ1) is 9.52. The number of hydrogen-bond acceptors (Lipinski definition) is 4. The minimum Gasteiger partial charge on any atom is -0.480 e. The standard InChI is InChI=1S/C14H24N2O4/c1-10-3-2-6-16(11(10)12(17)18)13(19)14(9-15)4-7-20-8-5-14/h10-11H,2-9,15H2,1H3,(H,17,18). The number of rotatable bonds is 3. The molecule has 1 amide bonds. The molecule has 2 fully saturated rings. The number of likely N-dealkylation sites (tertiary alicyclic amines) is 1. The van der Waals surface area contributed by atoms with Gasteiger partial charge >= 0.3 is 5.97 Å². The summed E-state index contributed by atoms with van der Waals surface area (Å²) in [5.41, 5.74) is 5.22. The van der Waals surface area contributed by atoms with Gasteiger partial charge in [0.15, 0.2) is 0 Å². The molecule has 2 aliphatic rings. The molecule has 2 atom stereocenters. The van der Waals surface area contributed by atoms with Crippen LogP contribution in [-0.4, -0.2) is 54.2 Å². The Morgan fingerprint density at radius 1 is 1.40 bits per heavy atom. The molecule has 0 radical (unpaired) electrons. The van der Waals surface area contributed by atoms with Crippen molar-refractivity contribution in [1.82, 2.24) is 4.90 Å². The molecule has 114 valence electrons. The number of nitrogens with zero attached hydrogens (tertiary/aromatic N) is 1. The maximum absolute atomic E-state index is 12.9. The quantitative estimate of drug-likeness (QED) is 0.785. The van der Waals surface area contributed by atoms with Crippen molar-refractivity contribution < 1.29 is 19.4 Å². The van der Waals surface area contributed by atoms with Gasteiger partial charge in [0.2, 0.25) is 5.91 Å². The van der Waals surface area contributed by atoms with Gasteiger partial charge in [0, 0.05) is 26.3 Å². The zero-order valence-corrected chi connectivity index (χ0v) is 12.0. The molecule has 0 spiro atoms. The third-order valence-electron chi connectivity index (χ3n) is 4.74. The van der Waals surface area contributed by atoms with E-state index in [0.717, 1.165) is 12.8 Å². The van der Waals surface area contributed by atoms with Crippen LogP contribution in [-0.2, 0) is 14.3 Å². The van der Waals surface area contributed by atoms with Crippen molar-refractivity contribution in [1.29, 1.82) is 0 Å². The van der Waals surface area contributed by atoms with Crippen LogP contribution < -0.4 is 5.73 Å². The number of hydrogen-bond donors (Lipinski definition) is 2. The van der Waals surface area contributed by atoms with Crippen molar-refractivity contribution in [3.8, 4) is 0 Å². The van der Waals surface area contributed by atoms with E-state index in [-0.39, 0.29) is 18.4 Å². The number of aliphatic carboxylic acids is 1. The van der Waals surface area contributed by atoms with Crippen LogP contribution in [0.5, 0.6) is 0 Å². The number of carboxylic acid groups (broad SMARTS) is 1. The molecule has 2 heterocycles. The molecular weight excluding hydrogens is 260 g/mol. The summed E-state index contributed by atoms with van der Waals surface area (Å²) in [6, 6.07) is -0.720. The highest BCUT2D eigenvalue weighted by atomic mass is 16.5. The third kappa shape index (κ3) is 2.67. The Balaban J connectivity index is 2.22. The maximum atomic E-state index is 12.9. The Labute approximate surface area is 119 Å². The van der Waals surface area contributed by atoms with Gasteiger partial charge in [-0.15, -0.1) is 0 Å². The summed E-state index contributed by atoms with van der Waals surface area (Å²) in [6.45, 7) is 3.71. The average Bonchev–Trinajstić information content (AvgIpc) is 2.46. The smallest absolute Gasteiger partial charge is 0.326 e. The van der Waals surface area contributed by atoms with Gasteiger partial charge in [-0.25, -0.2) is 4.79 Å². The molecule has 6 nitrogen and oxygen atoms in total. The Morgan fingerprint density at radius 3 is 2.60 bits per heavy atom. The van der Waals surface area contributed by atoms with E-state index in [2.05, 4.69) is 0 Å². The first kappa shape index (κ1) is 15.3. The summed E-state index contributed by atoms with van der Waals surface area (Å²) in [4.78, 5) is 25.9. The number of piperidine rings is 1. The van der Waals surface area contributed by atoms with E-state index in [4.69, 9.17) is 10.5 Å². The van der Waals surface area contributed by atoms with Gasteiger partial charge in [0.25, 0.3) is 0 Å². The molecule has 2 unspecified atom stereocenters. The molecule has 0 saturated carbocycles. The van der Waals surface area contributed by atoms with Crippen LogP contribution in [0.3, 0.4) is 0 Å². The highest BCUT2D eigenvalue weighted by molar-refractivity contribution is 5.88. The molecule has 0 bridgehead atoms. The van der Waals surface area contributed by atoms with Crippen LogP contribution in [0, 0.1) is 11.3 Å². The second kappa shape index (κ2) is 6.10. The maximum Gasteiger partial charge on any atom is 0.326 e. The van der Waals surface area contributed by atoms with Gasteiger partial charge in [-0.2, -0.15) is 0 Å². The van der Waals surface area contributed by atoms with Gasteiger partial charge in [0.05, 0.1) is 5.41 Å². The molecule has 6 heteroatoms. The van der Waals surface area contributed by atoms with E-state index in [9.17, 15) is 14.7 Å². The predicted molar refractivity (Wildman–Crippen MR) is 73.1 cm³/mol. The molecule has 3 N–H and O–H groups in total. The fourth-order valence-corrected chi connectivity index (χ4v) is 3.36. The Hall–Kier alpha value is -1.14. The minimum atomic E-state index is -0.912. The van der Waals surface area contributed by atoms with E-state index >= 15 is 0 Å². The first-order valence-corrected chi connectivity index (χ1v) is 7.33. The molecule has 2 saturated heterocycles. The molecule has 2 rings (SSSR count). The van der Waals surface area contributed by atoms with E-state index in [1.165, 1.54) is 0 Å². The molecule has 0 aromatic rings. The second-order valence-electron chi connectivity index (χ2n) is 6.00. The summed E-state index contributed by atoms with van der Waals surface area (Å²) >= 11 is 0. The molecule has 0 aliphatic carbocycles. The van der Waals surface area contributed by atoms with Gasteiger partial charge in [0.1, 0.15) is 6.04 Å². The van der Waals surface area contributed by atoms with E-state index in [1.54, 1.807) is 4.90 Å². The zero-order valence-electron chi connectivity index (χ0n) is 12.0. The minimum absolute atomic E-state index is 0.0140. The fourth-order valence-electron chi connectivity index (χ4n) is 3.36. The van der Waals surface area contributed by atoms with Crippen LogP contribution in [0.1, 0.15) is 32.6 Å². The summed E-state index contributed by atoms with van der Waals surface area (Å²) in [5.74, 6) is -1.02. The highest BCUT2D eigenvalue weighted by Gasteiger charge is 2.46. The Bertz CT molecular complexity index is 379. The lowest BCUT2D eigenvalue weighted by atomic mass is 9.77. The van der Waals surface area contributed by atoms with Crippen molar-refractivity contribution >= 4 is 11.9 Å². The molecular formula is C14H24N2O4. The number of carbonyl (C=O) groups excluding carboxylic acids is 1. The SMILES string of the molecule is CC1CCCN(C(=O)C2(CN)CCOCC2)C1C(=O)O. The van der Waals surface area contributed by atoms with E-state index in [0.29, 0.717) is 32.6 Å². The van der Waals surface area contributed by atoms with Gasteiger partial charge in [-0.1, -0.05) is 6.92 Å². The largest absolute Gasteiger partial charge is 0.480 e. The molecule has 20 heavy (non-hydrogen) atoms. The average molecular weight is 284 g/mol. The van der Waals surface area contributed by atoms with Crippen molar-refractivity contribution in [3.05, 3.63) is 0 Å². The topological polar surface area (TPSA) is 92.9 Å². The number of carbonyl (C=O) groups is 2. The first-order valence-electron chi connectivity index (χ1n) is 7.33. The fraction of sp³-hybridized carbons (Fsp3) is 0.857. The van der Waals surface area contributed by atoms with Crippen molar-refractivity contribution in [2.45, 2.75) is 38.6 Å². The molecule has 0 aromatic heterocycles. The zero-order chi connectivity index (χ0) is 14.8. The van der Waals surface area contributed by atoms with Crippen LogP contribution >= 0.6 is 0 Å². The Kier molecular flexibility index (Phi) is 4.65. The summed E-state index contributed by atoms with van der Waals surface area (Å²) < 4.78 is 5.32. The highest BCUT2D eigenvalue weighted by Crippen LogP contribution is 2.35. The predicted octanol–water partition coefficient (Wildman–Crippen LogP) is 0.454. The third-order valence-corrected chi connectivity index (χ3v) is 4.74. The van der Waals surface area contributed by atoms with Crippen molar-refractivity contribution in [2.24, 2.45) is 17.1 Å². The summed E-state index contributed by atoms with van der Waals surface area (Å²) in [5, 5.41) is 9.43. The Morgan fingerprint density at radius 2 is 2.05 bits per heavy atom. The lowest BCUT2D eigenvalue weighted by Crippen LogP contribution is -2.59. The molecule has 0 aromatic carbocycles. The van der Waals surface area contributed by atoms with Gasteiger partial charge < -0.3 is 20.5 Å². The van der Waals surface area contributed by atoms with Crippen LogP contribution in [0.4, 0.5) is 0 Å². The van der Waals surface area contributed by atoms with Gasteiger partial charge in [-0.05, 0) is 31.6 Å². The molecule has 2 aliphatic heterocycles. The summed E-state index contributed by atoms with van der Waals surface area (Å²) in [7, 11) is 0. The number of carboxylic acids is 1.